The molecule has 1 amide bonds. The van der Waals surface area contributed by atoms with Gasteiger partial charge in [0, 0.05) is 17.8 Å². The van der Waals surface area contributed by atoms with Crippen LogP contribution in [-0.2, 0) is 6.42 Å². The summed E-state index contributed by atoms with van der Waals surface area (Å²) in [6.07, 6.45) is 2.84. The highest BCUT2D eigenvalue weighted by molar-refractivity contribution is 7.98. The molecule has 1 heterocycles. The van der Waals surface area contributed by atoms with Crippen LogP contribution >= 0.6 is 11.8 Å². The molecule has 4 nitrogen and oxygen atoms in total. The Morgan fingerprint density at radius 3 is 2.89 bits per heavy atom. The fourth-order valence-corrected chi connectivity index (χ4v) is 2.32. The third kappa shape index (κ3) is 4.56. The summed E-state index contributed by atoms with van der Waals surface area (Å²) in [5.74, 6) is 1.83. The van der Waals surface area contributed by atoms with E-state index < -0.39 is 0 Å². The van der Waals surface area contributed by atoms with E-state index >= 15 is 0 Å². The van der Waals surface area contributed by atoms with Crippen LogP contribution in [0.3, 0.4) is 0 Å². The lowest BCUT2D eigenvalue weighted by atomic mass is 10.1. The molecule has 1 unspecified atom stereocenters. The number of thioether (sulfide) groups is 1. The van der Waals surface area contributed by atoms with E-state index in [0.717, 1.165) is 17.9 Å². The molecular weight excluding hydrogens is 246 g/mol. The van der Waals surface area contributed by atoms with Gasteiger partial charge in [-0.25, -0.2) is 4.98 Å². The smallest absolute Gasteiger partial charge is 0.251 e. The van der Waals surface area contributed by atoms with Crippen LogP contribution in [0.15, 0.2) is 12.1 Å². The second kappa shape index (κ2) is 7.26. The summed E-state index contributed by atoms with van der Waals surface area (Å²) in [6.45, 7) is 4.79. The monoisotopic (exact) mass is 267 g/mol. The van der Waals surface area contributed by atoms with E-state index in [4.69, 9.17) is 5.73 Å². The third-order valence-corrected chi connectivity index (χ3v) is 3.49. The predicted octanol–water partition coefficient (Wildman–Crippen LogP) is 1.96. The summed E-state index contributed by atoms with van der Waals surface area (Å²) in [4.78, 5) is 16.1. The Hall–Kier alpha value is -1.23. The average molecular weight is 267 g/mol. The van der Waals surface area contributed by atoms with E-state index in [-0.39, 0.29) is 5.91 Å². The van der Waals surface area contributed by atoms with E-state index in [0.29, 0.717) is 23.8 Å². The number of nitrogen functional groups attached to an aromatic ring is 1. The van der Waals surface area contributed by atoms with Gasteiger partial charge in [-0.1, -0.05) is 13.8 Å². The van der Waals surface area contributed by atoms with Crippen LogP contribution in [0.1, 0.15) is 29.9 Å². The lowest BCUT2D eigenvalue weighted by Crippen LogP contribution is -2.29. The maximum absolute atomic E-state index is 12.0. The van der Waals surface area contributed by atoms with Crippen molar-refractivity contribution >= 4 is 23.5 Å². The number of hydrogen-bond donors (Lipinski definition) is 2. The van der Waals surface area contributed by atoms with Gasteiger partial charge >= 0.3 is 0 Å². The summed E-state index contributed by atoms with van der Waals surface area (Å²) < 4.78 is 0. The zero-order chi connectivity index (χ0) is 13.5. The highest BCUT2D eigenvalue weighted by atomic mass is 32.2. The minimum Gasteiger partial charge on any atom is -0.384 e. The number of nitrogens with two attached hydrogens (primary N) is 1. The topological polar surface area (TPSA) is 68.0 Å². The van der Waals surface area contributed by atoms with E-state index in [2.05, 4.69) is 23.5 Å². The predicted molar refractivity (Wildman–Crippen MR) is 77.9 cm³/mol. The quantitative estimate of drug-likeness (QED) is 0.826. The van der Waals surface area contributed by atoms with Crippen molar-refractivity contribution < 1.29 is 4.79 Å². The summed E-state index contributed by atoms with van der Waals surface area (Å²) in [7, 11) is 0. The highest BCUT2D eigenvalue weighted by Gasteiger charge is 2.09. The van der Waals surface area contributed by atoms with Crippen LogP contribution < -0.4 is 11.1 Å². The molecule has 1 aromatic heterocycles. The van der Waals surface area contributed by atoms with Gasteiger partial charge in [0.2, 0.25) is 0 Å². The number of amides is 1. The van der Waals surface area contributed by atoms with E-state index in [1.165, 1.54) is 0 Å². The summed E-state index contributed by atoms with van der Waals surface area (Å²) in [5.41, 5.74) is 7.12. The lowest BCUT2D eigenvalue weighted by molar-refractivity contribution is 0.0949. The molecule has 3 N–H and O–H groups in total. The Morgan fingerprint density at radius 1 is 1.56 bits per heavy atom. The number of aryl methyl sites for hydroxylation is 1. The van der Waals surface area contributed by atoms with Crippen LogP contribution in [0.2, 0.25) is 0 Å². The molecule has 1 atom stereocenters. The molecule has 0 aliphatic heterocycles. The first-order chi connectivity index (χ1) is 8.56. The fourth-order valence-electron chi connectivity index (χ4n) is 1.64. The van der Waals surface area contributed by atoms with Gasteiger partial charge in [-0.3, -0.25) is 4.79 Å². The number of carbonyl (C=O) groups excluding carboxylic acids is 1. The van der Waals surface area contributed by atoms with E-state index in [9.17, 15) is 4.79 Å². The minimum absolute atomic E-state index is 0.0771. The Kier molecular flexibility index (Phi) is 5.98. The van der Waals surface area contributed by atoms with Crippen LogP contribution in [0.5, 0.6) is 0 Å². The van der Waals surface area contributed by atoms with Crippen molar-refractivity contribution in [1.29, 1.82) is 0 Å². The SMILES string of the molecule is CCc1cc(C(=O)NCC(C)CSC)cc(N)n1. The molecule has 0 aliphatic carbocycles. The molecule has 0 saturated heterocycles. The third-order valence-electron chi connectivity index (χ3n) is 2.58. The van der Waals surface area contributed by atoms with Gasteiger partial charge < -0.3 is 11.1 Å². The van der Waals surface area contributed by atoms with Gasteiger partial charge in [-0.05, 0) is 36.5 Å². The van der Waals surface area contributed by atoms with E-state index in [1.807, 2.05) is 6.92 Å². The zero-order valence-electron chi connectivity index (χ0n) is 11.2. The first-order valence-corrected chi connectivity index (χ1v) is 7.49. The van der Waals surface area contributed by atoms with Crippen LogP contribution in [0.25, 0.3) is 0 Å². The van der Waals surface area contributed by atoms with E-state index in [1.54, 1.807) is 23.9 Å². The number of anilines is 1. The second-order valence-corrected chi connectivity index (χ2v) is 5.31. The Bertz CT molecular complexity index is 409. The van der Waals surface area contributed by atoms with Crippen molar-refractivity contribution in [3.63, 3.8) is 0 Å². The zero-order valence-corrected chi connectivity index (χ0v) is 12.0. The van der Waals surface area contributed by atoms with Crippen molar-refractivity contribution in [2.24, 2.45) is 5.92 Å². The maximum atomic E-state index is 12.0. The largest absolute Gasteiger partial charge is 0.384 e. The molecule has 0 aromatic carbocycles. The van der Waals surface area contributed by atoms with Gasteiger partial charge in [0.25, 0.3) is 5.91 Å². The number of hydrogen-bond acceptors (Lipinski definition) is 4. The molecule has 1 aromatic rings. The number of carbonyl (C=O) groups is 1. The normalized spacial score (nSPS) is 12.2. The van der Waals surface area contributed by atoms with Gasteiger partial charge in [-0.2, -0.15) is 11.8 Å². The molecule has 0 saturated carbocycles. The van der Waals surface area contributed by atoms with Gasteiger partial charge in [0.1, 0.15) is 5.82 Å². The Labute approximate surface area is 113 Å². The van der Waals surface area contributed by atoms with Crippen molar-refractivity contribution in [3.8, 4) is 0 Å². The number of aromatic nitrogens is 1. The molecular formula is C13H21N3OS. The van der Waals surface area contributed by atoms with Crippen LogP contribution in [-0.4, -0.2) is 29.4 Å². The van der Waals surface area contributed by atoms with Gasteiger partial charge in [0.15, 0.2) is 0 Å². The van der Waals surface area contributed by atoms with Crippen molar-refractivity contribution in [3.05, 3.63) is 23.4 Å². The fraction of sp³-hybridized carbons (Fsp3) is 0.538. The standard InChI is InChI=1S/C13H21N3OS/c1-4-11-5-10(6-12(14)16-11)13(17)15-7-9(2)8-18-3/h5-6,9H,4,7-8H2,1-3H3,(H2,14,16)(H,15,17). The first-order valence-electron chi connectivity index (χ1n) is 6.10. The molecule has 0 radical (unpaired) electrons. The van der Waals surface area contributed by atoms with Gasteiger partial charge in [0.05, 0.1) is 0 Å². The molecule has 0 bridgehead atoms. The molecule has 0 spiro atoms. The number of rotatable bonds is 6. The Balaban J connectivity index is 2.63. The summed E-state index contributed by atoms with van der Waals surface area (Å²) in [6, 6.07) is 3.42. The first kappa shape index (κ1) is 14.8. The lowest BCUT2D eigenvalue weighted by Gasteiger charge is -2.11. The second-order valence-electron chi connectivity index (χ2n) is 4.40. The Morgan fingerprint density at radius 2 is 2.28 bits per heavy atom. The molecule has 5 heteroatoms. The van der Waals surface area contributed by atoms with Crippen LogP contribution in [0, 0.1) is 5.92 Å². The molecule has 100 valence electrons. The van der Waals surface area contributed by atoms with Gasteiger partial charge in [-0.15, -0.1) is 0 Å². The maximum Gasteiger partial charge on any atom is 0.251 e. The number of pyridine rings is 1. The molecule has 0 aliphatic rings. The molecule has 0 fully saturated rings. The number of nitrogens with zero attached hydrogens (tertiary/aromatic N) is 1. The molecule has 1 rings (SSSR count). The van der Waals surface area contributed by atoms with Crippen LogP contribution in [0.4, 0.5) is 5.82 Å². The van der Waals surface area contributed by atoms with Crippen molar-refractivity contribution in [1.82, 2.24) is 10.3 Å². The van der Waals surface area contributed by atoms with Crippen molar-refractivity contribution in [2.45, 2.75) is 20.3 Å². The number of nitrogens with one attached hydrogen (secondary N) is 1. The van der Waals surface area contributed by atoms with Crippen molar-refractivity contribution in [2.75, 3.05) is 24.3 Å². The highest BCUT2D eigenvalue weighted by Crippen LogP contribution is 2.09. The molecule has 18 heavy (non-hydrogen) atoms. The summed E-state index contributed by atoms with van der Waals surface area (Å²) >= 11 is 1.78. The minimum atomic E-state index is -0.0771. The summed E-state index contributed by atoms with van der Waals surface area (Å²) in [5, 5.41) is 2.93. The average Bonchev–Trinajstić information content (AvgIpc) is 2.35.